The third-order valence-electron chi connectivity index (χ3n) is 1.60. The van der Waals surface area contributed by atoms with Crippen molar-refractivity contribution in [3.8, 4) is 0 Å². The molecule has 0 saturated carbocycles. The molecule has 0 spiro atoms. The van der Waals surface area contributed by atoms with E-state index in [4.69, 9.17) is 10.2 Å². The maximum absolute atomic E-state index is 8.45. The summed E-state index contributed by atoms with van der Waals surface area (Å²) in [5.74, 6) is -0.592. The van der Waals surface area contributed by atoms with E-state index in [1.54, 1.807) is 0 Å². The average Bonchev–Trinajstić information content (AvgIpc) is 2.05. The molecule has 0 heterocycles. The number of hydrogen-bond donors (Lipinski definition) is 2. The van der Waals surface area contributed by atoms with Crippen LogP contribution in [0.3, 0.4) is 0 Å². The second kappa shape index (κ2) is 4.44. The minimum absolute atomic E-state index is 0.592. The largest absolute Gasteiger partial charge is 0.481 e. The predicted octanol–water partition coefficient (Wildman–Crippen LogP) is 2.58. The lowest BCUT2D eigenvalue weighted by atomic mass is 10.1. The molecule has 0 unspecified atom stereocenters. The van der Waals surface area contributed by atoms with Crippen LogP contribution in [0.15, 0.2) is 42.4 Å². The summed E-state index contributed by atoms with van der Waals surface area (Å²) < 4.78 is 0. The Bertz CT molecular complexity index is 248. The lowest BCUT2D eigenvalue weighted by Gasteiger charge is -1.95. The summed E-state index contributed by atoms with van der Waals surface area (Å²) in [5.41, 5.74) is 1.20. The maximum Gasteiger partial charge on any atom is 0.269 e. The van der Waals surface area contributed by atoms with Gasteiger partial charge in [0.05, 0.1) is 0 Å². The summed E-state index contributed by atoms with van der Waals surface area (Å²) >= 11 is 0. The van der Waals surface area contributed by atoms with Crippen molar-refractivity contribution in [1.82, 2.24) is 0 Å². The number of aliphatic hydroxyl groups is 2. The Labute approximate surface area is 71.8 Å². The summed E-state index contributed by atoms with van der Waals surface area (Å²) in [6.45, 7) is 0. The minimum Gasteiger partial charge on any atom is -0.481 e. The number of rotatable bonds is 3. The third kappa shape index (κ3) is 3.10. The van der Waals surface area contributed by atoms with Crippen LogP contribution in [0.1, 0.15) is 12.0 Å². The van der Waals surface area contributed by atoms with Gasteiger partial charge in [-0.05, 0) is 24.5 Å². The summed E-state index contributed by atoms with van der Waals surface area (Å²) in [6, 6.07) is 9.93. The van der Waals surface area contributed by atoms with Crippen LogP contribution in [0.25, 0.3) is 0 Å². The van der Waals surface area contributed by atoms with Gasteiger partial charge in [0.1, 0.15) is 0 Å². The molecule has 0 aliphatic rings. The predicted molar refractivity (Wildman–Crippen MR) is 48.1 cm³/mol. The first-order chi connectivity index (χ1) is 5.79. The number of aryl methyl sites for hydroxylation is 1. The van der Waals surface area contributed by atoms with Gasteiger partial charge in [-0.2, -0.15) is 0 Å². The molecule has 0 saturated heterocycles. The Morgan fingerprint density at radius 3 is 2.42 bits per heavy atom. The standard InChI is InChI=1S/C10H12O2/c11-10(12)8-4-7-9-5-2-1-3-6-9/h1-3,5-6,8,11-12H,4,7H2. The lowest BCUT2D eigenvalue weighted by molar-refractivity contribution is 0.189. The number of aliphatic hydroxyl groups excluding tert-OH is 1. The highest BCUT2D eigenvalue weighted by Crippen LogP contribution is 2.03. The van der Waals surface area contributed by atoms with Crippen LogP contribution < -0.4 is 0 Å². The van der Waals surface area contributed by atoms with Crippen molar-refractivity contribution in [3.05, 3.63) is 47.9 Å². The van der Waals surface area contributed by atoms with Gasteiger partial charge in [-0.3, -0.25) is 0 Å². The molecule has 1 aromatic rings. The van der Waals surface area contributed by atoms with Crippen molar-refractivity contribution in [2.75, 3.05) is 0 Å². The fourth-order valence-electron chi connectivity index (χ4n) is 1.01. The second-order valence-electron chi connectivity index (χ2n) is 2.59. The zero-order valence-corrected chi connectivity index (χ0v) is 6.77. The van der Waals surface area contributed by atoms with Crippen molar-refractivity contribution in [2.24, 2.45) is 0 Å². The second-order valence-corrected chi connectivity index (χ2v) is 2.59. The Hall–Kier alpha value is -1.44. The molecule has 1 aromatic carbocycles. The first kappa shape index (κ1) is 8.65. The summed E-state index contributed by atoms with van der Waals surface area (Å²) in [6.07, 6.45) is 2.89. The van der Waals surface area contributed by atoms with Crippen LogP contribution in [0.5, 0.6) is 0 Å². The molecule has 0 atom stereocenters. The van der Waals surface area contributed by atoms with Gasteiger partial charge in [-0.1, -0.05) is 30.3 Å². The van der Waals surface area contributed by atoms with Gasteiger partial charge in [0.2, 0.25) is 0 Å². The van der Waals surface area contributed by atoms with E-state index < -0.39 is 5.95 Å². The normalized spacial score (nSPS) is 9.33. The molecule has 0 radical (unpaired) electrons. The van der Waals surface area contributed by atoms with E-state index in [0.717, 1.165) is 6.42 Å². The van der Waals surface area contributed by atoms with E-state index in [1.165, 1.54) is 11.6 Å². The Kier molecular flexibility index (Phi) is 3.20. The van der Waals surface area contributed by atoms with Crippen LogP contribution in [-0.4, -0.2) is 10.2 Å². The topological polar surface area (TPSA) is 40.5 Å². The van der Waals surface area contributed by atoms with Crippen molar-refractivity contribution in [1.29, 1.82) is 0 Å². The Balaban J connectivity index is 2.39. The summed E-state index contributed by atoms with van der Waals surface area (Å²) in [5, 5.41) is 16.9. The highest BCUT2D eigenvalue weighted by Gasteiger charge is 1.89. The van der Waals surface area contributed by atoms with Crippen LogP contribution in [0, 0.1) is 0 Å². The monoisotopic (exact) mass is 164 g/mol. The van der Waals surface area contributed by atoms with Gasteiger partial charge in [0.25, 0.3) is 5.95 Å². The molecule has 2 nitrogen and oxygen atoms in total. The molecule has 1 rings (SSSR count). The van der Waals surface area contributed by atoms with Crippen molar-refractivity contribution < 1.29 is 10.2 Å². The van der Waals surface area contributed by atoms with Gasteiger partial charge in [0, 0.05) is 0 Å². The number of hydrogen-bond acceptors (Lipinski definition) is 2. The van der Waals surface area contributed by atoms with E-state index in [9.17, 15) is 0 Å². The van der Waals surface area contributed by atoms with E-state index in [-0.39, 0.29) is 0 Å². The van der Waals surface area contributed by atoms with E-state index >= 15 is 0 Å². The molecule has 0 amide bonds. The first-order valence-electron chi connectivity index (χ1n) is 3.91. The fraction of sp³-hybridized carbons (Fsp3) is 0.200. The molecule has 0 fully saturated rings. The van der Waals surface area contributed by atoms with Crippen molar-refractivity contribution in [2.45, 2.75) is 12.8 Å². The van der Waals surface area contributed by atoms with Crippen LogP contribution in [0.4, 0.5) is 0 Å². The average molecular weight is 164 g/mol. The summed E-state index contributed by atoms with van der Waals surface area (Å²) in [4.78, 5) is 0. The minimum atomic E-state index is -0.592. The SMILES string of the molecule is OC(O)=CCCc1ccccc1. The van der Waals surface area contributed by atoms with Crippen LogP contribution in [-0.2, 0) is 6.42 Å². The first-order valence-corrected chi connectivity index (χ1v) is 3.91. The van der Waals surface area contributed by atoms with Gasteiger partial charge in [-0.15, -0.1) is 0 Å². The quantitative estimate of drug-likeness (QED) is 0.674. The maximum atomic E-state index is 8.45. The number of allylic oxidation sites excluding steroid dienone is 1. The van der Waals surface area contributed by atoms with E-state index in [2.05, 4.69) is 0 Å². The van der Waals surface area contributed by atoms with Gasteiger partial charge >= 0.3 is 0 Å². The van der Waals surface area contributed by atoms with Gasteiger partial charge in [-0.25, -0.2) is 0 Å². The van der Waals surface area contributed by atoms with Crippen molar-refractivity contribution >= 4 is 0 Å². The summed E-state index contributed by atoms with van der Waals surface area (Å²) in [7, 11) is 0. The molecule has 2 N–H and O–H groups in total. The molecule has 0 aliphatic carbocycles. The fourth-order valence-corrected chi connectivity index (χ4v) is 1.01. The molecule has 0 bridgehead atoms. The third-order valence-corrected chi connectivity index (χ3v) is 1.60. The van der Waals surface area contributed by atoms with Gasteiger partial charge < -0.3 is 10.2 Å². The zero-order valence-electron chi connectivity index (χ0n) is 6.77. The van der Waals surface area contributed by atoms with Crippen molar-refractivity contribution in [3.63, 3.8) is 0 Å². The number of benzene rings is 1. The molecule has 64 valence electrons. The van der Waals surface area contributed by atoms with E-state index in [1.807, 2.05) is 30.3 Å². The molecular weight excluding hydrogens is 152 g/mol. The molecular formula is C10H12O2. The van der Waals surface area contributed by atoms with Crippen LogP contribution >= 0.6 is 0 Å². The molecule has 0 aliphatic heterocycles. The molecule has 2 heteroatoms. The van der Waals surface area contributed by atoms with Gasteiger partial charge in [0.15, 0.2) is 0 Å². The highest BCUT2D eigenvalue weighted by atomic mass is 16.5. The Morgan fingerprint density at radius 2 is 1.83 bits per heavy atom. The molecule has 12 heavy (non-hydrogen) atoms. The zero-order chi connectivity index (χ0) is 8.81. The van der Waals surface area contributed by atoms with E-state index in [0.29, 0.717) is 6.42 Å². The highest BCUT2D eigenvalue weighted by molar-refractivity contribution is 5.15. The lowest BCUT2D eigenvalue weighted by Crippen LogP contribution is -1.83. The molecule has 0 aromatic heterocycles. The smallest absolute Gasteiger partial charge is 0.269 e. The Morgan fingerprint density at radius 1 is 1.17 bits per heavy atom. The van der Waals surface area contributed by atoms with Crippen LogP contribution in [0.2, 0.25) is 0 Å².